The number of esters is 2. The highest BCUT2D eigenvalue weighted by molar-refractivity contribution is 5.66. The Morgan fingerprint density at radius 1 is 1.15 bits per heavy atom. The van der Waals surface area contributed by atoms with Gasteiger partial charge in [-0.05, 0) is 18.6 Å². The van der Waals surface area contributed by atoms with Crippen LogP contribution in [0.4, 0.5) is 13.2 Å². The van der Waals surface area contributed by atoms with Gasteiger partial charge in [-0.2, -0.15) is 0 Å². The molecule has 1 aliphatic heterocycles. The van der Waals surface area contributed by atoms with Gasteiger partial charge in [0.25, 0.3) is 0 Å². The highest BCUT2D eigenvalue weighted by Crippen LogP contribution is 2.36. The lowest BCUT2D eigenvalue weighted by Crippen LogP contribution is -2.58. The summed E-state index contributed by atoms with van der Waals surface area (Å²) in [6.07, 6.45) is 0.0777. The second kappa shape index (κ2) is 10.8. The number of halogens is 3. The van der Waals surface area contributed by atoms with Crippen molar-refractivity contribution in [1.29, 1.82) is 0 Å². The number of carbonyl (C=O) groups excluding carboxylic acids is 2. The molecule has 184 valence electrons. The van der Waals surface area contributed by atoms with Crippen LogP contribution >= 0.6 is 0 Å². The molecule has 1 aliphatic rings. The number of aromatic nitrogens is 3. The lowest BCUT2D eigenvalue weighted by Gasteiger charge is -2.45. The molecule has 3 rings (SSSR count). The Labute approximate surface area is 193 Å². The number of hydrogen-bond acceptors (Lipinski definition) is 8. The molecule has 2 heterocycles. The summed E-state index contributed by atoms with van der Waals surface area (Å²) in [5.41, 5.74) is -0.00987. The van der Waals surface area contributed by atoms with E-state index in [2.05, 4.69) is 16.9 Å². The van der Waals surface area contributed by atoms with Gasteiger partial charge in [0.05, 0.1) is 12.3 Å². The third-order valence-electron chi connectivity index (χ3n) is 5.28. The van der Waals surface area contributed by atoms with E-state index in [1.54, 1.807) is 6.08 Å². The van der Waals surface area contributed by atoms with E-state index in [4.69, 9.17) is 18.9 Å². The molecular weight excluding hydrogens is 459 g/mol. The molecule has 0 spiro atoms. The summed E-state index contributed by atoms with van der Waals surface area (Å²) < 4.78 is 64.4. The largest absolute Gasteiger partial charge is 0.463 e. The van der Waals surface area contributed by atoms with E-state index in [9.17, 15) is 22.8 Å². The molecule has 2 aromatic rings. The number of ether oxygens (including phenoxy) is 4. The van der Waals surface area contributed by atoms with E-state index in [0.29, 0.717) is 6.42 Å². The Morgan fingerprint density at radius 2 is 1.82 bits per heavy atom. The fourth-order valence-corrected chi connectivity index (χ4v) is 3.88. The van der Waals surface area contributed by atoms with Gasteiger partial charge in [-0.1, -0.05) is 11.3 Å². The average molecular weight is 483 g/mol. The van der Waals surface area contributed by atoms with Crippen LogP contribution in [0.25, 0.3) is 11.3 Å². The number of rotatable bonds is 8. The van der Waals surface area contributed by atoms with Crippen LogP contribution in [0.3, 0.4) is 0 Å². The molecule has 5 atom stereocenters. The molecule has 1 aromatic carbocycles. The maximum absolute atomic E-state index is 13.7. The van der Waals surface area contributed by atoms with E-state index in [-0.39, 0.29) is 17.9 Å². The number of nitrogens with zero attached hydrogens (tertiary/aromatic N) is 3. The Balaban J connectivity index is 2.05. The molecule has 0 aliphatic carbocycles. The summed E-state index contributed by atoms with van der Waals surface area (Å²) in [4.78, 5) is 23.3. The number of hydrogen-bond donors (Lipinski definition) is 0. The van der Waals surface area contributed by atoms with Gasteiger partial charge in [0.15, 0.2) is 23.6 Å². The highest BCUT2D eigenvalue weighted by Gasteiger charge is 2.49. The number of carbonyl (C=O) groups is 2. The fourth-order valence-electron chi connectivity index (χ4n) is 3.88. The van der Waals surface area contributed by atoms with Gasteiger partial charge >= 0.3 is 11.9 Å². The molecular formula is C22H24F3N3O6. The van der Waals surface area contributed by atoms with Gasteiger partial charge in [0.1, 0.15) is 30.6 Å². The fraction of sp³-hybridized carbons (Fsp3) is 0.455. The molecule has 0 N–H and O–H groups in total. The van der Waals surface area contributed by atoms with Crippen molar-refractivity contribution in [3.05, 3.63) is 48.4 Å². The van der Waals surface area contributed by atoms with Crippen molar-refractivity contribution in [2.75, 3.05) is 13.7 Å². The monoisotopic (exact) mass is 483 g/mol. The van der Waals surface area contributed by atoms with E-state index in [0.717, 1.165) is 12.1 Å². The van der Waals surface area contributed by atoms with Gasteiger partial charge in [-0.15, -0.1) is 11.7 Å². The van der Waals surface area contributed by atoms with E-state index in [1.165, 1.54) is 31.8 Å². The Kier molecular flexibility index (Phi) is 8.05. The normalized spacial score (nSPS) is 24.5. The molecule has 0 bridgehead atoms. The van der Waals surface area contributed by atoms with Crippen LogP contribution in [-0.2, 0) is 28.5 Å². The predicted molar refractivity (Wildman–Crippen MR) is 111 cm³/mol. The molecule has 1 fully saturated rings. The van der Waals surface area contributed by atoms with Crippen molar-refractivity contribution >= 4 is 11.9 Å². The maximum atomic E-state index is 13.7. The zero-order valence-electron chi connectivity index (χ0n) is 18.7. The van der Waals surface area contributed by atoms with Crippen LogP contribution in [0.1, 0.15) is 26.3 Å². The van der Waals surface area contributed by atoms with Crippen molar-refractivity contribution in [2.24, 2.45) is 0 Å². The molecule has 0 amide bonds. The predicted octanol–water partition coefficient (Wildman–Crippen LogP) is 2.76. The molecule has 34 heavy (non-hydrogen) atoms. The minimum atomic E-state index is -1.60. The lowest BCUT2D eigenvalue weighted by atomic mass is 9.90. The number of benzene rings is 1. The Bertz CT molecular complexity index is 1040. The van der Waals surface area contributed by atoms with Crippen molar-refractivity contribution < 1.29 is 41.7 Å². The maximum Gasteiger partial charge on any atom is 0.303 e. The highest BCUT2D eigenvalue weighted by atomic mass is 19.2. The molecule has 12 heteroatoms. The van der Waals surface area contributed by atoms with Gasteiger partial charge in [0, 0.05) is 26.5 Å². The summed E-state index contributed by atoms with van der Waals surface area (Å²) in [5.74, 6) is -5.55. The second-order valence-electron chi connectivity index (χ2n) is 7.64. The summed E-state index contributed by atoms with van der Waals surface area (Å²) in [7, 11) is 1.43. The topological polar surface area (TPSA) is 102 Å². The smallest absolute Gasteiger partial charge is 0.303 e. The quantitative estimate of drug-likeness (QED) is 0.321. The average Bonchev–Trinajstić information content (AvgIpc) is 3.26. The van der Waals surface area contributed by atoms with Crippen molar-refractivity contribution in [1.82, 2.24) is 15.0 Å². The first-order valence-electron chi connectivity index (χ1n) is 10.3. The zero-order valence-corrected chi connectivity index (χ0v) is 18.7. The first kappa shape index (κ1) is 25.4. The summed E-state index contributed by atoms with van der Waals surface area (Å²) in [5, 5.41) is 7.99. The molecule has 9 nitrogen and oxygen atoms in total. The summed E-state index contributed by atoms with van der Waals surface area (Å²) in [6, 6.07) is 0.750. The van der Waals surface area contributed by atoms with Crippen LogP contribution in [-0.4, -0.2) is 65.1 Å². The van der Waals surface area contributed by atoms with E-state index < -0.39 is 59.8 Å². The Hall–Kier alpha value is -3.25. The molecule has 0 unspecified atom stereocenters. The lowest BCUT2D eigenvalue weighted by molar-refractivity contribution is -0.225. The molecule has 0 radical (unpaired) electrons. The Morgan fingerprint density at radius 3 is 2.38 bits per heavy atom. The van der Waals surface area contributed by atoms with E-state index in [1.807, 2.05) is 0 Å². The third kappa shape index (κ3) is 5.45. The van der Waals surface area contributed by atoms with Gasteiger partial charge in [-0.25, -0.2) is 17.9 Å². The first-order chi connectivity index (χ1) is 16.2. The first-order valence-corrected chi connectivity index (χ1v) is 10.3. The van der Waals surface area contributed by atoms with Crippen molar-refractivity contribution in [2.45, 2.75) is 50.7 Å². The van der Waals surface area contributed by atoms with Crippen LogP contribution in [0, 0.1) is 17.5 Å². The molecule has 0 saturated carbocycles. The third-order valence-corrected chi connectivity index (χ3v) is 5.28. The van der Waals surface area contributed by atoms with Gasteiger partial charge in [0.2, 0.25) is 0 Å². The number of methoxy groups -OCH3 is 1. The summed E-state index contributed by atoms with van der Waals surface area (Å²) >= 11 is 0. The standard InChI is InChI=1S/C22H24F3N3O6/c1-5-6-17-21(31-4)20(22(33-12(3)30)18(34-17)10-32-11(2)29)28-9-16(26-27-28)13-7-14(23)19(25)15(24)8-13/h5,7-9,17-18,20-22H,1,6,10H2,2-4H3/t17-,18-,20-,21+,22+/m1/s1. The minimum Gasteiger partial charge on any atom is -0.463 e. The van der Waals surface area contributed by atoms with Crippen molar-refractivity contribution in [3.8, 4) is 11.3 Å². The van der Waals surface area contributed by atoms with Crippen LogP contribution in [0.2, 0.25) is 0 Å². The SMILES string of the molecule is C=CC[C@H]1O[C@H](COC(C)=O)[C@H](OC(C)=O)[C@H](n2cc(-c3cc(F)c(F)c(F)c3)nn2)[C@H]1OC. The van der Waals surface area contributed by atoms with Crippen LogP contribution < -0.4 is 0 Å². The van der Waals surface area contributed by atoms with Crippen molar-refractivity contribution in [3.63, 3.8) is 0 Å². The molecule has 1 aromatic heterocycles. The van der Waals surface area contributed by atoms with Gasteiger partial charge in [-0.3, -0.25) is 9.59 Å². The van der Waals surface area contributed by atoms with Crippen LogP contribution in [0.5, 0.6) is 0 Å². The van der Waals surface area contributed by atoms with Gasteiger partial charge < -0.3 is 18.9 Å². The van der Waals surface area contributed by atoms with E-state index >= 15 is 0 Å². The zero-order chi connectivity index (χ0) is 25.0. The van der Waals surface area contributed by atoms with Crippen LogP contribution in [0.15, 0.2) is 31.0 Å². The second-order valence-corrected chi connectivity index (χ2v) is 7.64. The minimum absolute atomic E-state index is 0.0394. The molecule has 1 saturated heterocycles. The summed E-state index contributed by atoms with van der Waals surface area (Å²) in [6.45, 7) is 5.92.